The van der Waals surface area contributed by atoms with E-state index in [1.165, 1.54) is 32.1 Å². The summed E-state index contributed by atoms with van der Waals surface area (Å²) in [7, 11) is 0. The van der Waals surface area contributed by atoms with Crippen molar-refractivity contribution in [2.75, 3.05) is 39.3 Å². The highest BCUT2D eigenvalue weighted by Gasteiger charge is 2.25. The summed E-state index contributed by atoms with van der Waals surface area (Å²) in [6.45, 7) is 2.47. The van der Waals surface area contributed by atoms with Gasteiger partial charge in [-0.3, -0.25) is 19.3 Å². The van der Waals surface area contributed by atoms with Gasteiger partial charge in [-0.1, -0.05) is 19.3 Å². The van der Waals surface area contributed by atoms with E-state index in [0.717, 1.165) is 0 Å². The molecule has 7 nitrogen and oxygen atoms in total. The van der Waals surface area contributed by atoms with Gasteiger partial charge in [-0.15, -0.1) is 0 Å². The van der Waals surface area contributed by atoms with E-state index in [1.54, 1.807) is 0 Å². The molecule has 2 rings (SSSR count). The highest BCUT2D eigenvalue weighted by Crippen LogP contribution is 2.26. The Balaban J connectivity index is 1.65. The standard InChI is InChI=1S/C16H27N3O4/c20-14(17-11-16(22)23)12-18-6-8-19(9-7-18)15(21)10-13-4-2-1-3-5-13/h13H,1-12H2,(H,17,20)(H,22,23). The van der Waals surface area contributed by atoms with E-state index in [9.17, 15) is 14.4 Å². The van der Waals surface area contributed by atoms with Crippen molar-refractivity contribution in [1.29, 1.82) is 0 Å². The van der Waals surface area contributed by atoms with Crippen molar-refractivity contribution in [3.8, 4) is 0 Å². The highest BCUT2D eigenvalue weighted by molar-refractivity contribution is 5.82. The average molecular weight is 325 g/mol. The third-order valence-electron chi connectivity index (χ3n) is 4.72. The minimum Gasteiger partial charge on any atom is -0.480 e. The van der Waals surface area contributed by atoms with Crippen LogP contribution >= 0.6 is 0 Å². The Bertz CT molecular complexity index is 427. The van der Waals surface area contributed by atoms with Gasteiger partial charge < -0.3 is 15.3 Å². The Morgan fingerprint density at radius 1 is 1.00 bits per heavy atom. The van der Waals surface area contributed by atoms with Gasteiger partial charge in [0.05, 0.1) is 6.54 Å². The van der Waals surface area contributed by atoms with Crippen LogP contribution in [0.25, 0.3) is 0 Å². The first-order valence-corrected chi connectivity index (χ1v) is 8.53. The first kappa shape index (κ1) is 17.7. The maximum Gasteiger partial charge on any atom is 0.322 e. The Kier molecular flexibility index (Phi) is 6.83. The third-order valence-corrected chi connectivity index (χ3v) is 4.72. The van der Waals surface area contributed by atoms with E-state index >= 15 is 0 Å². The number of nitrogens with zero attached hydrogens (tertiary/aromatic N) is 2. The molecule has 0 aromatic rings. The third kappa shape index (κ3) is 6.17. The molecular formula is C16H27N3O4. The number of hydrogen-bond acceptors (Lipinski definition) is 4. The second-order valence-electron chi connectivity index (χ2n) is 6.54. The van der Waals surface area contributed by atoms with Crippen molar-refractivity contribution < 1.29 is 19.5 Å². The van der Waals surface area contributed by atoms with E-state index in [1.807, 2.05) is 9.80 Å². The normalized spacial score (nSPS) is 20.3. The molecule has 1 heterocycles. The Morgan fingerprint density at radius 3 is 2.26 bits per heavy atom. The summed E-state index contributed by atoms with van der Waals surface area (Å²) < 4.78 is 0. The molecule has 0 aromatic heterocycles. The maximum atomic E-state index is 12.3. The molecule has 0 spiro atoms. The fraction of sp³-hybridized carbons (Fsp3) is 0.812. The molecule has 0 aromatic carbocycles. The summed E-state index contributed by atoms with van der Waals surface area (Å²) in [4.78, 5) is 38.2. The van der Waals surface area contributed by atoms with Gasteiger partial charge in [-0.25, -0.2) is 0 Å². The molecule has 0 atom stereocenters. The molecule has 1 saturated heterocycles. The predicted molar refractivity (Wildman–Crippen MR) is 84.9 cm³/mol. The van der Waals surface area contributed by atoms with Crippen LogP contribution in [-0.2, 0) is 14.4 Å². The van der Waals surface area contributed by atoms with Crippen LogP contribution in [0.3, 0.4) is 0 Å². The summed E-state index contributed by atoms with van der Waals surface area (Å²) in [5, 5.41) is 10.9. The lowest BCUT2D eigenvalue weighted by Gasteiger charge is -2.35. The number of hydrogen-bond donors (Lipinski definition) is 2. The van der Waals surface area contributed by atoms with Crippen molar-refractivity contribution in [1.82, 2.24) is 15.1 Å². The monoisotopic (exact) mass is 325 g/mol. The molecule has 130 valence electrons. The maximum absolute atomic E-state index is 12.3. The summed E-state index contributed by atoms with van der Waals surface area (Å²) in [5.74, 6) is -0.534. The van der Waals surface area contributed by atoms with Crippen molar-refractivity contribution in [2.24, 2.45) is 5.92 Å². The number of carboxylic acid groups (broad SMARTS) is 1. The minimum atomic E-state index is -1.04. The molecule has 1 aliphatic heterocycles. The summed E-state index contributed by atoms with van der Waals surface area (Å²) in [6.07, 6.45) is 6.81. The lowest BCUT2D eigenvalue weighted by atomic mass is 9.86. The van der Waals surface area contributed by atoms with Crippen LogP contribution in [0.4, 0.5) is 0 Å². The zero-order chi connectivity index (χ0) is 16.7. The summed E-state index contributed by atoms with van der Waals surface area (Å²) >= 11 is 0. The molecule has 7 heteroatoms. The zero-order valence-electron chi connectivity index (χ0n) is 13.6. The predicted octanol–water partition coefficient (Wildman–Crippen LogP) is 0.302. The molecule has 2 amide bonds. The molecule has 2 fully saturated rings. The quantitative estimate of drug-likeness (QED) is 0.733. The molecular weight excluding hydrogens is 298 g/mol. The van der Waals surface area contributed by atoms with Crippen molar-refractivity contribution in [3.63, 3.8) is 0 Å². The number of carboxylic acids is 1. The average Bonchev–Trinajstić information content (AvgIpc) is 2.54. The lowest BCUT2D eigenvalue weighted by Crippen LogP contribution is -2.51. The van der Waals surface area contributed by atoms with Gasteiger partial charge in [0, 0.05) is 32.6 Å². The second kappa shape index (κ2) is 8.86. The second-order valence-corrected chi connectivity index (χ2v) is 6.54. The number of rotatable bonds is 6. The fourth-order valence-electron chi connectivity index (χ4n) is 3.36. The molecule has 2 N–H and O–H groups in total. The highest BCUT2D eigenvalue weighted by atomic mass is 16.4. The zero-order valence-corrected chi connectivity index (χ0v) is 13.6. The van der Waals surface area contributed by atoms with Crippen LogP contribution in [0.2, 0.25) is 0 Å². The summed E-state index contributed by atoms with van der Waals surface area (Å²) in [6, 6.07) is 0. The number of aliphatic carboxylic acids is 1. The van der Waals surface area contributed by atoms with Crippen molar-refractivity contribution in [3.05, 3.63) is 0 Å². The smallest absolute Gasteiger partial charge is 0.322 e. The van der Waals surface area contributed by atoms with E-state index in [0.29, 0.717) is 38.5 Å². The van der Waals surface area contributed by atoms with Crippen LogP contribution in [0.1, 0.15) is 38.5 Å². The van der Waals surface area contributed by atoms with Crippen molar-refractivity contribution in [2.45, 2.75) is 38.5 Å². The van der Waals surface area contributed by atoms with Gasteiger partial charge in [0.25, 0.3) is 0 Å². The van der Waals surface area contributed by atoms with Crippen LogP contribution < -0.4 is 5.32 Å². The van der Waals surface area contributed by atoms with Gasteiger partial charge in [-0.05, 0) is 18.8 Å². The SMILES string of the molecule is O=C(O)CNC(=O)CN1CCN(C(=O)CC2CCCCC2)CC1. The molecule has 2 aliphatic rings. The van der Waals surface area contributed by atoms with Gasteiger partial charge in [0.15, 0.2) is 0 Å². The molecule has 0 radical (unpaired) electrons. The fourth-order valence-corrected chi connectivity index (χ4v) is 3.36. The number of amides is 2. The van der Waals surface area contributed by atoms with Gasteiger partial charge in [0.2, 0.25) is 11.8 Å². The number of piperazine rings is 1. The molecule has 23 heavy (non-hydrogen) atoms. The first-order valence-electron chi connectivity index (χ1n) is 8.53. The Labute approximate surface area is 137 Å². The van der Waals surface area contributed by atoms with Crippen molar-refractivity contribution >= 4 is 17.8 Å². The van der Waals surface area contributed by atoms with E-state index < -0.39 is 5.97 Å². The van der Waals surface area contributed by atoms with Crippen LogP contribution in [0.15, 0.2) is 0 Å². The topological polar surface area (TPSA) is 89.9 Å². The Hall–Kier alpha value is -1.63. The van der Waals surface area contributed by atoms with Gasteiger partial charge in [0.1, 0.15) is 6.54 Å². The minimum absolute atomic E-state index is 0.192. The number of carbonyl (C=O) groups is 3. The van der Waals surface area contributed by atoms with Crippen LogP contribution in [0.5, 0.6) is 0 Å². The number of nitrogens with one attached hydrogen (secondary N) is 1. The molecule has 0 unspecified atom stereocenters. The van der Waals surface area contributed by atoms with Gasteiger partial charge >= 0.3 is 5.97 Å². The van der Waals surface area contributed by atoms with Crippen LogP contribution in [-0.4, -0.2) is 72.0 Å². The van der Waals surface area contributed by atoms with E-state index in [4.69, 9.17) is 5.11 Å². The largest absolute Gasteiger partial charge is 0.480 e. The van der Waals surface area contributed by atoms with Crippen LogP contribution in [0, 0.1) is 5.92 Å². The lowest BCUT2D eigenvalue weighted by molar-refractivity contribution is -0.138. The first-order chi connectivity index (χ1) is 11.0. The molecule has 1 aliphatic carbocycles. The van der Waals surface area contributed by atoms with Gasteiger partial charge in [-0.2, -0.15) is 0 Å². The Morgan fingerprint density at radius 2 is 1.65 bits per heavy atom. The molecule has 1 saturated carbocycles. The van der Waals surface area contributed by atoms with E-state index in [2.05, 4.69) is 5.32 Å². The molecule has 0 bridgehead atoms. The van der Waals surface area contributed by atoms with E-state index in [-0.39, 0.29) is 24.9 Å². The number of carbonyl (C=O) groups excluding carboxylic acids is 2. The summed E-state index contributed by atoms with van der Waals surface area (Å²) in [5.41, 5.74) is 0.